The molecule has 0 bridgehead atoms. The average molecular weight is 275 g/mol. The predicted octanol–water partition coefficient (Wildman–Crippen LogP) is 3.11. The maximum Gasteiger partial charge on any atom is 0.243 e. The minimum absolute atomic E-state index is 0.0653. The number of hydrogen-bond acceptors (Lipinski definition) is 5. The van der Waals surface area contributed by atoms with Crippen molar-refractivity contribution in [2.45, 2.75) is 33.2 Å². The summed E-state index contributed by atoms with van der Waals surface area (Å²) in [6, 6.07) is 5.91. The Morgan fingerprint density at radius 2 is 2.20 bits per heavy atom. The molecule has 1 heterocycles. The van der Waals surface area contributed by atoms with E-state index in [-0.39, 0.29) is 6.04 Å². The van der Waals surface area contributed by atoms with Crippen LogP contribution in [-0.2, 0) is 0 Å². The molecule has 5 heteroatoms. The highest BCUT2D eigenvalue weighted by Gasteiger charge is 2.15. The second kappa shape index (κ2) is 6.52. The van der Waals surface area contributed by atoms with Crippen molar-refractivity contribution < 1.29 is 9.26 Å². The molecule has 1 aromatic carbocycles. The summed E-state index contributed by atoms with van der Waals surface area (Å²) in [4.78, 5) is 4.45. The smallest absolute Gasteiger partial charge is 0.243 e. The van der Waals surface area contributed by atoms with Crippen molar-refractivity contribution in [3.8, 4) is 17.1 Å². The Morgan fingerprint density at radius 1 is 1.40 bits per heavy atom. The lowest BCUT2D eigenvalue weighted by atomic mass is 10.1. The van der Waals surface area contributed by atoms with Gasteiger partial charge in [0.15, 0.2) is 0 Å². The molecule has 0 spiro atoms. The van der Waals surface area contributed by atoms with Gasteiger partial charge in [0.05, 0.1) is 13.2 Å². The van der Waals surface area contributed by atoms with Gasteiger partial charge in [0, 0.05) is 5.56 Å². The maximum absolute atomic E-state index is 5.32. The first-order chi connectivity index (χ1) is 9.65. The first-order valence-electron chi connectivity index (χ1n) is 6.87. The van der Waals surface area contributed by atoms with Gasteiger partial charge in [0.1, 0.15) is 5.75 Å². The third kappa shape index (κ3) is 3.17. The standard InChI is InChI=1S/C15H21N3O2/c1-5-8-16-11(3)15-17-14(18-20-15)12-6-7-13(19-4)10(2)9-12/h6-7,9,11,16H,5,8H2,1-4H3. The third-order valence-electron chi connectivity index (χ3n) is 3.17. The van der Waals surface area contributed by atoms with Gasteiger partial charge in [-0.3, -0.25) is 0 Å². The van der Waals surface area contributed by atoms with Gasteiger partial charge in [-0.1, -0.05) is 12.1 Å². The molecule has 0 aliphatic rings. The van der Waals surface area contributed by atoms with E-state index in [2.05, 4.69) is 22.4 Å². The molecular weight excluding hydrogens is 254 g/mol. The third-order valence-corrected chi connectivity index (χ3v) is 3.17. The number of hydrogen-bond donors (Lipinski definition) is 1. The van der Waals surface area contributed by atoms with Crippen LogP contribution in [0.1, 0.15) is 37.8 Å². The van der Waals surface area contributed by atoms with Gasteiger partial charge < -0.3 is 14.6 Å². The Hall–Kier alpha value is -1.88. The van der Waals surface area contributed by atoms with Crippen LogP contribution >= 0.6 is 0 Å². The highest BCUT2D eigenvalue weighted by molar-refractivity contribution is 5.58. The fourth-order valence-corrected chi connectivity index (χ4v) is 1.99. The van der Waals surface area contributed by atoms with E-state index in [1.807, 2.05) is 32.0 Å². The summed E-state index contributed by atoms with van der Waals surface area (Å²) in [5.74, 6) is 2.08. The Bertz CT molecular complexity index is 566. The minimum atomic E-state index is 0.0653. The fraction of sp³-hybridized carbons (Fsp3) is 0.467. The van der Waals surface area contributed by atoms with Gasteiger partial charge in [0.2, 0.25) is 11.7 Å². The molecule has 1 atom stereocenters. The van der Waals surface area contributed by atoms with Crippen molar-refractivity contribution >= 4 is 0 Å². The molecule has 2 rings (SSSR count). The molecule has 0 radical (unpaired) electrons. The lowest BCUT2D eigenvalue weighted by Crippen LogP contribution is -2.19. The van der Waals surface area contributed by atoms with Gasteiger partial charge in [0.25, 0.3) is 0 Å². The van der Waals surface area contributed by atoms with Gasteiger partial charge in [-0.25, -0.2) is 0 Å². The molecule has 1 N–H and O–H groups in total. The van der Waals surface area contributed by atoms with Crippen LogP contribution in [0.2, 0.25) is 0 Å². The van der Waals surface area contributed by atoms with Crippen LogP contribution in [0.4, 0.5) is 0 Å². The normalized spacial score (nSPS) is 12.4. The summed E-state index contributed by atoms with van der Waals surface area (Å²) in [6.45, 7) is 7.07. The summed E-state index contributed by atoms with van der Waals surface area (Å²) < 4.78 is 10.6. The molecule has 1 unspecified atom stereocenters. The van der Waals surface area contributed by atoms with E-state index in [9.17, 15) is 0 Å². The highest BCUT2D eigenvalue weighted by Crippen LogP contribution is 2.25. The van der Waals surface area contributed by atoms with Crippen molar-refractivity contribution in [2.24, 2.45) is 0 Å². The van der Waals surface area contributed by atoms with Crippen molar-refractivity contribution in [1.29, 1.82) is 0 Å². The van der Waals surface area contributed by atoms with Crippen LogP contribution in [-0.4, -0.2) is 23.8 Å². The zero-order valence-corrected chi connectivity index (χ0v) is 12.4. The number of ether oxygens (including phenoxy) is 1. The van der Waals surface area contributed by atoms with Crippen molar-refractivity contribution in [3.05, 3.63) is 29.7 Å². The molecule has 0 saturated heterocycles. The zero-order chi connectivity index (χ0) is 14.5. The van der Waals surface area contributed by atoms with Crippen LogP contribution in [0.3, 0.4) is 0 Å². The van der Waals surface area contributed by atoms with Crippen LogP contribution < -0.4 is 10.1 Å². The van der Waals surface area contributed by atoms with Crippen molar-refractivity contribution in [3.63, 3.8) is 0 Å². The molecular formula is C15H21N3O2. The number of nitrogens with zero attached hydrogens (tertiary/aromatic N) is 2. The average Bonchev–Trinajstić information content (AvgIpc) is 2.94. The SMILES string of the molecule is CCCNC(C)c1nc(-c2ccc(OC)c(C)c2)no1. The molecule has 0 aliphatic carbocycles. The molecule has 2 aromatic rings. The van der Waals surface area contributed by atoms with Crippen molar-refractivity contribution in [2.75, 3.05) is 13.7 Å². The molecule has 1 aromatic heterocycles. The van der Waals surface area contributed by atoms with Crippen LogP contribution in [0.15, 0.2) is 22.7 Å². The number of methoxy groups -OCH3 is 1. The molecule has 20 heavy (non-hydrogen) atoms. The summed E-state index contributed by atoms with van der Waals surface area (Å²) in [6.07, 6.45) is 1.07. The van der Waals surface area contributed by atoms with E-state index in [1.165, 1.54) is 0 Å². The quantitative estimate of drug-likeness (QED) is 0.877. The minimum Gasteiger partial charge on any atom is -0.496 e. The Morgan fingerprint density at radius 3 is 2.85 bits per heavy atom. The molecule has 0 fully saturated rings. The Labute approximate surface area is 119 Å². The van der Waals surface area contributed by atoms with E-state index in [4.69, 9.17) is 9.26 Å². The van der Waals surface area contributed by atoms with Crippen LogP contribution in [0, 0.1) is 6.92 Å². The molecule has 5 nitrogen and oxygen atoms in total. The summed E-state index contributed by atoms with van der Waals surface area (Å²) in [5, 5.41) is 7.37. The van der Waals surface area contributed by atoms with E-state index in [0.29, 0.717) is 11.7 Å². The zero-order valence-electron chi connectivity index (χ0n) is 12.4. The Balaban J connectivity index is 2.18. The number of nitrogens with one attached hydrogen (secondary N) is 1. The van der Waals surface area contributed by atoms with Gasteiger partial charge >= 0.3 is 0 Å². The highest BCUT2D eigenvalue weighted by atomic mass is 16.5. The first-order valence-corrected chi connectivity index (χ1v) is 6.87. The lowest BCUT2D eigenvalue weighted by Gasteiger charge is -2.07. The topological polar surface area (TPSA) is 60.2 Å². The lowest BCUT2D eigenvalue weighted by molar-refractivity contribution is 0.340. The summed E-state index contributed by atoms with van der Waals surface area (Å²) in [5.41, 5.74) is 1.98. The van der Waals surface area contributed by atoms with Gasteiger partial charge in [-0.15, -0.1) is 0 Å². The summed E-state index contributed by atoms with van der Waals surface area (Å²) in [7, 11) is 1.66. The van der Waals surface area contributed by atoms with E-state index in [1.54, 1.807) is 7.11 Å². The van der Waals surface area contributed by atoms with Gasteiger partial charge in [-0.2, -0.15) is 4.98 Å². The first kappa shape index (κ1) is 14.5. The number of rotatable bonds is 6. The van der Waals surface area contributed by atoms with E-state index < -0.39 is 0 Å². The number of aryl methyl sites for hydroxylation is 1. The molecule has 0 amide bonds. The van der Waals surface area contributed by atoms with Crippen LogP contribution in [0.5, 0.6) is 5.75 Å². The van der Waals surface area contributed by atoms with E-state index >= 15 is 0 Å². The Kier molecular flexibility index (Phi) is 4.74. The largest absolute Gasteiger partial charge is 0.496 e. The maximum atomic E-state index is 5.32. The summed E-state index contributed by atoms with van der Waals surface area (Å²) >= 11 is 0. The monoisotopic (exact) mass is 275 g/mol. The molecule has 0 saturated carbocycles. The second-order valence-electron chi connectivity index (χ2n) is 4.82. The molecule has 0 aliphatic heterocycles. The number of aromatic nitrogens is 2. The van der Waals surface area contributed by atoms with Crippen LogP contribution in [0.25, 0.3) is 11.4 Å². The number of benzene rings is 1. The van der Waals surface area contributed by atoms with Gasteiger partial charge in [-0.05, 0) is 50.6 Å². The van der Waals surface area contributed by atoms with E-state index in [0.717, 1.165) is 29.8 Å². The molecule has 108 valence electrons. The predicted molar refractivity (Wildman–Crippen MR) is 77.7 cm³/mol. The second-order valence-corrected chi connectivity index (χ2v) is 4.82. The van der Waals surface area contributed by atoms with Crippen molar-refractivity contribution in [1.82, 2.24) is 15.5 Å². The fourth-order valence-electron chi connectivity index (χ4n) is 1.99.